The molecule has 5 nitrogen and oxygen atoms in total. The highest BCUT2D eigenvalue weighted by molar-refractivity contribution is 5.90. The zero-order valence-corrected chi connectivity index (χ0v) is 13.9. The first kappa shape index (κ1) is 16.3. The fourth-order valence-corrected chi connectivity index (χ4v) is 3.08. The van der Waals surface area contributed by atoms with Crippen molar-refractivity contribution in [1.82, 2.24) is 5.32 Å². The molecule has 1 aliphatic carbocycles. The summed E-state index contributed by atoms with van der Waals surface area (Å²) in [6, 6.07) is 12.6. The molecule has 0 saturated carbocycles. The van der Waals surface area contributed by atoms with Crippen LogP contribution in [0.5, 0.6) is 5.75 Å². The summed E-state index contributed by atoms with van der Waals surface area (Å²) in [4.78, 5) is 12.3. The number of aryl methyl sites for hydroxylation is 1. The summed E-state index contributed by atoms with van der Waals surface area (Å²) in [6.07, 6.45) is -0.0435. The summed E-state index contributed by atoms with van der Waals surface area (Å²) in [7, 11) is 0. The van der Waals surface area contributed by atoms with Crippen molar-refractivity contribution >= 4 is 11.7 Å². The second kappa shape index (κ2) is 6.93. The van der Waals surface area contributed by atoms with E-state index in [1.807, 2.05) is 56.3 Å². The van der Waals surface area contributed by atoms with Gasteiger partial charge >= 0.3 is 6.03 Å². The predicted octanol–water partition coefficient (Wildman–Crippen LogP) is 3.17. The second-order valence-electron chi connectivity index (χ2n) is 5.96. The maximum absolute atomic E-state index is 12.3. The van der Waals surface area contributed by atoms with E-state index in [0.29, 0.717) is 13.0 Å². The number of carbonyl (C=O) groups excluding carboxylic acids is 1. The molecule has 5 heteroatoms. The smallest absolute Gasteiger partial charge is 0.319 e. The van der Waals surface area contributed by atoms with E-state index >= 15 is 0 Å². The number of hydrogen-bond donors (Lipinski definition) is 3. The van der Waals surface area contributed by atoms with Crippen LogP contribution in [0.4, 0.5) is 10.5 Å². The Hall–Kier alpha value is -2.53. The molecule has 2 aromatic carbocycles. The molecule has 1 aliphatic rings. The lowest BCUT2D eigenvalue weighted by Gasteiger charge is -2.19. The van der Waals surface area contributed by atoms with Gasteiger partial charge in [-0.1, -0.05) is 24.3 Å². The van der Waals surface area contributed by atoms with E-state index < -0.39 is 6.10 Å². The van der Waals surface area contributed by atoms with Crippen LogP contribution in [0.1, 0.15) is 29.7 Å². The first-order chi connectivity index (χ1) is 11.6. The molecule has 0 aliphatic heterocycles. The molecule has 0 spiro atoms. The second-order valence-corrected chi connectivity index (χ2v) is 5.96. The number of amides is 2. The standard InChI is InChI=1S/C19H22N2O3/c1-3-24-14-8-9-16(12(2)10-14)20-19(23)21-18-15-7-5-4-6-13(15)11-17(18)22/h4-10,17-18,22H,3,11H2,1-2H3,(H2,20,21,23)/t17-,18+/m0/s1. The lowest BCUT2D eigenvalue weighted by atomic mass is 10.1. The van der Waals surface area contributed by atoms with Crippen molar-refractivity contribution in [3.05, 3.63) is 59.2 Å². The van der Waals surface area contributed by atoms with Gasteiger partial charge in [0.05, 0.1) is 18.8 Å². The highest BCUT2D eigenvalue weighted by atomic mass is 16.5. The van der Waals surface area contributed by atoms with Crippen LogP contribution in [0.25, 0.3) is 0 Å². The Bertz CT molecular complexity index is 745. The first-order valence-electron chi connectivity index (χ1n) is 8.15. The number of aliphatic hydroxyl groups is 1. The first-order valence-corrected chi connectivity index (χ1v) is 8.15. The Balaban J connectivity index is 1.68. The number of urea groups is 1. The summed E-state index contributed by atoms with van der Waals surface area (Å²) in [5, 5.41) is 15.9. The van der Waals surface area contributed by atoms with Crippen molar-refractivity contribution < 1.29 is 14.6 Å². The highest BCUT2D eigenvalue weighted by Crippen LogP contribution is 2.31. The molecule has 0 aromatic heterocycles. The van der Waals surface area contributed by atoms with E-state index in [9.17, 15) is 9.90 Å². The lowest BCUT2D eigenvalue weighted by molar-refractivity contribution is 0.144. The van der Waals surface area contributed by atoms with Gasteiger partial charge in [0.15, 0.2) is 0 Å². The van der Waals surface area contributed by atoms with Crippen molar-refractivity contribution in [2.75, 3.05) is 11.9 Å². The number of rotatable bonds is 4. The van der Waals surface area contributed by atoms with E-state index in [-0.39, 0.29) is 12.1 Å². The monoisotopic (exact) mass is 326 g/mol. The van der Waals surface area contributed by atoms with Crippen molar-refractivity contribution in [3.63, 3.8) is 0 Å². The van der Waals surface area contributed by atoms with Gasteiger partial charge < -0.3 is 20.5 Å². The van der Waals surface area contributed by atoms with Crippen LogP contribution in [0.3, 0.4) is 0 Å². The minimum Gasteiger partial charge on any atom is -0.494 e. The molecule has 0 heterocycles. The van der Waals surface area contributed by atoms with Gasteiger partial charge in [-0.05, 0) is 48.7 Å². The van der Waals surface area contributed by atoms with Gasteiger partial charge in [0.2, 0.25) is 0 Å². The largest absolute Gasteiger partial charge is 0.494 e. The van der Waals surface area contributed by atoms with Crippen LogP contribution in [0.15, 0.2) is 42.5 Å². The number of aliphatic hydroxyl groups excluding tert-OH is 1. The third-order valence-electron chi connectivity index (χ3n) is 4.25. The summed E-state index contributed by atoms with van der Waals surface area (Å²) in [6.45, 7) is 4.45. The van der Waals surface area contributed by atoms with Gasteiger partial charge in [0.1, 0.15) is 5.75 Å². The summed E-state index contributed by atoms with van der Waals surface area (Å²) in [5.41, 5.74) is 3.69. The van der Waals surface area contributed by atoms with Crippen LogP contribution in [-0.4, -0.2) is 23.8 Å². The van der Waals surface area contributed by atoms with Crippen molar-refractivity contribution in [2.45, 2.75) is 32.4 Å². The molecule has 0 fully saturated rings. The average molecular weight is 326 g/mol. The van der Waals surface area contributed by atoms with Gasteiger partial charge in [-0.25, -0.2) is 4.79 Å². The average Bonchev–Trinajstić information content (AvgIpc) is 2.86. The zero-order chi connectivity index (χ0) is 17.1. The normalized spacial score (nSPS) is 18.8. The van der Waals surface area contributed by atoms with E-state index in [4.69, 9.17) is 4.74 Å². The number of ether oxygens (including phenoxy) is 1. The van der Waals surface area contributed by atoms with Gasteiger partial charge in [0, 0.05) is 12.1 Å². The fourth-order valence-electron chi connectivity index (χ4n) is 3.08. The molecule has 2 atom stereocenters. The zero-order valence-electron chi connectivity index (χ0n) is 13.9. The number of nitrogens with one attached hydrogen (secondary N) is 2. The molecule has 0 bridgehead atoms. The maximum atomic E-state index is 12.3. The van der Waals surface area contributed by atoms with Crippen LogP contribution < -0.4 is 15.4 Å². The fraction of sp³-hybridized carbons (Fsp3) is 0.316. The van der Waals surface area contributed by atoms with E-state index in [0.717, 1.165) is 28.1 Å². The van der Waals surface area contributed by atoms with Gasteiger partial charge in [-0.15, -0.1) is 0 Å². The quantitative estimate of drug-likeness (QED) is 0.808. The molecule has 2 amide bonds. The third-order valence-corrected chi connectivity index (χ3v) is 4.25. The number of fused-ring (bicyclic) bond motifs is 1. The summed E-state index contributed by atoms with van der Waals surface area (Å²) >= 11 is 0. The molecule has 0 saturated heterocycles. The Morgan fingerprint density at radius 3 is 2.83 bits per heavy atom. The topological polar surface area (TPSA) is 70.6 Å². The van der Waals surface area contributed by atoms with Crippen LogP contribution in [0, 0.1) is 6.92 Å². The molecule has 0 unspecified atom stereocenters. The Morgan fingerprint density at radius 2 is 2.08 bits per heavy atom. The minimum absolute atomic E-state index is 0.331. The molecule has 0 radical (unpaired) electrons. The number of anilines is 1. The number of benzene rings is 2. The molecule has 3 rings (SSSR count). The van der Waals surface area contributed by atoms with E-state index in [1.165, 1.54) is 0 Å². The molecule has 3 N–H and O–H groups in total. The summed E-state index contributed by atoms with van der Waals surface area (Å²) in [5.74, 6) is 0.779. The molecule has 24 heavy (non-hydrogen) atoms. The molecular weight excluding hydrogens is 304 g/mol. The SMILES string of the molecule is CCOc1ccc(NC(=O)N[C@@H]2c3ccccc3C[C@@H]2O)c(C)c1. The molecule has 126 valence electrons. The molecular formula is C19H22N2O3. The minimum atomic E-state index is -0.602. The predicted molar refractivity (Wildman–Crippen MR) is 93.4 cm³/mol. The number of hydrogen-bond acceptors (Lipinski definition) is 3. The van der Waals surface area contributed by atoms with Gasteiger partial charge in [-0.2, -0.15) is 0 Å². The Labute approximate surface area is 141 Å². The van der Waals surface area contributed by atoms with Crippen molar-refractivity contribution in [2.24, 2.45) is 0 Å². The van der Waals surface area contributed by atoms with Gasteiger partial charge in [-0.3, -0.25) is 0 Å². The Morgan fingerprint density at radius 1 is 1.29 bits per heavy atom. The number of carbonyl (C=O) groups is 1. The molecule has 2 aromatic rings. The highest BCUT2D eigenvalue weighted by Gasteiger charge is 2.31. The van der Waals surface area contributed by atoms with Crippen molar-refractivity contribution in [1.29, 1.82) is 0 Å². The van der Waals surface area contributed by atoms with E-state index in [1.54, 1.807) is 0 Å². The summed E-state index contributed by atoms with van der Waals surface area (Å²) < 4.78 is 5.45. The Kier molecular flexibility index (Phi) is 4.71. The lowest BCUT2D eigenvalue weighted by Crippen LogP contribution is -2.36. The van der Waals surface area contributed by atoms with Crippen LogP contribution >= 0.6 is 0 Å². The third kappa shape index (κ3) is 3.36. The van der Waals surface area contributed by atoms with Crippen molar-refractivity contribution in [3.8, 4) is 5.75 Å². The van der Waals surface area contributed by atoms with Crippen LogP contribution in [-0.2, 0) is 6.42 Å². The van der Waals surface area contributed by atoms with E-state index in [2.05, 4.69) is 10.6 Å². The van der Waals surface area contributed by atoms with Crippen LogP contribution in [0.2, 0.25) is 0 Å². The maximum Gasteiger partial charge on any atom is 0.319 e. The van der Waals surface area contributed by atoms with Gasteiger partial charge in [0.25, 0.3) is 0 Å².